The van der Waals surface area contributed by atoms with Crippen LogP contribution in [0.2, 0.25) is 0 Å². The molecule has 3 aromatic rings. The zero-order valence-corrected chi connectivity index (χ0v) is 11.1. The molecule has 0 bridgehead atoms. The second-order valence-electron chi connectivity index (χ2n) is 4.63. The normalized spacial score (nSPS) is 11.6. The van der Waals surface area contributed by atoms with E-state index in [-0.39, 0.29) is 5.56 Å². The van der Waals surface area contributed by atoms with Crippen molar-refractivity contribution in [1.82, 2.24) is 0 Å². The van der Waals surface area contributed by atoms with Gasteiger partial charge in [0.05, 0.1) is 6.26 Å². The van der Waals surface area contributed by atoms with Gasteiger partial charge in [-0.25, -0.2) is 0 Å². The fraction of sp³-hybridized carbons (Fsp3) is 0.0625. The first kappa shape index (κ1) is 14.2. The van der Waals surface area contributed by atoms with Crippen LogP contribution in [0.15, 0.2) is 53.1 Å². The highest BCUT2D eigenvalue weighted by molar-refractivity contribution is 5.86. The van der Waals surface area contributed by atoms with Gasteiger partial charge >= 0.3 is 6.36 Å². The predicted octanol–water partition coefficient (Wildman–Crippen LogP) is 4.81. The Hall–Kier alpha value is -2.76. The van der Waals surface area contributed by atoms with Crippen molar-refractivity contribution >= 4 is 17.3 Å². The van der Waals surface area contributed by atoms with E-state index >= 15 is 0 Å². The van der Waals surface area contributed by atoms with Gasteiger partial charge in [-0.15, -0.1) is 13.2 Å². The molecule has 0 aliphatic rings. The molecule has 22 heavy (non-hydrogen) atoms. The lowest BCUT2D eigenvalue weighted by Gasteiger charge is -2.11. The van der Waals surface area contributed by atoms with Gasteiger partial charge in [0.1, 0.15) is 17.6 Å². The van der Waals surface area contributed by atoms with E-state index in [9.17, 15) is 18.0 Å². The molecule has 0 spiro atoms. The van der Waals surface area contributed by atoms with Gasteiger partial charge in [0.2, 0.25) is 0 Å². The lowest BCUT2D eigenvalue weighted by atomic mass is 10.0. The molecule has 0 fully saturated rings. The Morgan fingerprint density at radius 1 is 1.00 bits per heavy atom. The van der Waals surface area contributed by atoms with Crippen LogP contribution in [0, 0.1) is 0 Å². The predicted molar refractivity (Wildman–Crippen MR) is 73.7 cm³/mol. The van der Waals surface area contributed by atoms with Crippen molar-refractivity contribution in [3.05, 3.63) is 54.3 Å². The molecule has 0 aliphatic carbocycles. The molecular weight excluding hydrogens is 297 g/mol. The third-order valence-electron chi connectivity index (χ3n) is 3.08. The van der Waals surface area contributed by atoms with E-state index in [0.29, 0.717) is 23.0 Å². The maximum absolute atomic E-state index is 12.4. The number of fused-ring (bicyclic) bond motifs is 1. The molecule has 0 saturated heterocycles. The summed E-state index contributed by atoms with van der Waals surface area (Å²) in [5.41, 5.74) is 1.88. The van der Waals surface area contributed by atoms with Gasteiger partial charge < -0.3 is 9.15 Å². The fourth-order valence-corrected chi connectivity index (χ4v) is 2.20. The zero-order valence-electron chi connectivity index (χ0n) is 11.1. The molecule has 3 nitrogen and oxygen atoms in total. The van der Waals surface area contributed by atoms with Gasteiger partial charge in [-0.3, -0.25) is 4.79 Å². The van der Waals surface area contributed by atoms with Crippen molar-refractivity contribution in [2.75, 3.05) is 0 Å². The van der Waals surface area contributed by atoms with Gasteiger partial charge in [0.25, 0.3) is 0 Å². The monoisotopic (exact) mass is 306 g/mol. The molecule has 0 saturated carbocycles. The average Bonchev–Trinajstić information content (AvgIpc) is 2.92. The molecule has 0 aliphatic heterocycles. The summed E-state index contributed by atoms with van der Waals surface area (Å²) < 4.78 is 46.2. The van der Waals surface area contributed by atoms with Crippen molar-refractivity contribution in [2.45, 2.75) is 6.36 Å². The topological polar surface area (TPSA) is 39.4 Å². The minimum atomic E-state index is -4.81. The molecule has 1 heterocycles. The van der Waals surface area contributed by atoms with Crippen molar-refractivity contribution in [1.29, 1.82) is 0 Å². The standard InChI is InChI=1S/C16H9F3O3/c17-16(18,19)22-14-6-10(9-20)5-13(8-14)11-1-2-15-12(7-11)3-4-21-15/h1-9H. The number of halogens is 3. The summed E-state index contributed by atoms with van der Waals surface area (Å²) in [7, 11) is 0. The minimum absolute atomic E-state index is 0.101. The van der Waals surface area contributed by atoms with Gasteiger partial charge in [-0.05, 0) is 47.5 Å². The summed E-state index contributed by atoms with van der Waals surface area (Å²) in [6, 6.07) is 10.7. The molecular formula is C16H9F3O3. The second-order valence-corrected chi connectivity index (χ2v) is 4.63. The number of hydrogen-bond donors (Lipinski definition) is 0. The van der Waals surface area contributed by atoms with E-state index in [2.05, 4.69) is 4.74 Å². The van der Waals surface area contributed by atoms with Crippen LogP contribution in [-0.4, -0.2) is 12.6 Å². The van der Waals surface area contributed by atoms with Gasteiger partial charge in [-0.1, -0.05) is 6.07 Å². The number of carbonyl (C=O) groups is 1. The lowest BCUT2D eigenvalue weighted by molar-refractivity contribution is -0.274. The Bertz CT molecular complexity index is 834. The van der Waals surface area contributed by atoms with E-state index in [1.165, 1.54) is 18.4 Å². The van der Waals surface area contributed by atoms with Gasteiger partial charge in [0.15, 0.2) is 0 Å². The fourth-order valence-electron chi connectivity index (χ4n) is 2.20. The summed E-state index contributed by atoms with van der Waals surface area (Å²) in [6.45, 7) is 0. The molecule has 1 aromatic heterocycles. The minimum Gasteiger partial charge on any atom is -0.464 e. The summed E-state index contributed by atoms with van der Waals surface area (Å²) >= 11 is 0. The van der Waals surface area contributed by atoms with E-state index in [0.717, 1.165) is 11.5 Å². The number of benzene rings is 2. The summed E-state index contributed by atoms with van der Waals surface area (Å²) in [5, 5.41) is 0.812. The maximum Gasteiger partial charge on any atom is 0.573 e. The Balaban J connectivity index is 2.08. The molecule has 6 heteroatoms. The highest BCUT2D eigenvalue weighted by atomic mass is 19.4. The first-order chi connectivity index (χ1) is 10.4. The van der Waals surface area contributed by atoms with Crippen molar-refractivity contribution in [2.24, 2.45) is 0 Å². The molecule has 0 unspecified atom stereocenters. The van der Waals surface area contributed by atoms with Crippen LogP contribution >= 0.6 is 0 Å². The number of hydrogen-bond acceptors (Lipinski definition) is 3. The van der Waals surface area contributed by atoms with Gasteiger partial charge in [0, 0.05) is 10.9 Å². The first-order valence-electron chi connectivity index (χ1n) is 6.28. The van der Waals surface area contributed by atoms with Crippen LogP contribution in [0.1, 0.15) is 10.4 Å². The summed E-state index contributed by atoms with van der Waals surface area (Å²) in [4.78, 5) is 10.9. The van der Waals surface area contributed by atoms with Crippen LogP contribution in [0.25, 0.3) is 22.1 Å². The summed E-state index contributed by atoms with van der Waals surface area (Å²) in [5.74, 6) is -0.431. The van der Waals surface area contributed by atoms with E-state index in [4.69, 9.17) is 4.42 Å². The zero-order chi connectivity index (χ0) is 15.7. The number of carbonyl (C=O) groups excluding carboxylic acids is 1. The Morgan fingerprint density at radius 2 is 1.82 bits per heavy atom. The van der Waals surface area contributed by atoms with Crippen LogP contribution in [-0.2, 0) is 0 Å². The van der Waals surface area contributed by atoms with Crippen LogP contribution < -0.4 is 4.74 Å². The molecule has 0 amide bonds. The van der Waals surface area contributed by atoms with E-state index < -0.39 is 12.1 Å². The number of aldehydes is 1. The SMILES string of the molecule is O=Cc1cc(OC(F)(F)F)cc(-c2ccc3occc3c2)c1. The Morgan fingerprint density at radius 3 is 2.55 bits per heavy atom. The second kappa shape index (κ2) is 5.22. The number of rotatable bonds is 3. The molecule has 2 aromatic carbocycles. The number of ether oxygens (including phenoxy) is 1. The number of furan rings is 1. The highest BCUT2D eigenvalue weighted by Gasteiger charge is 2.31. The Labute approximate surface area is 122 Å². The molecule has 3 rings (SSSR count). The maximum atomic E-state index is 12.4. The van der Waals surface area contributed by atoms with Crippen LogP contribution in [0.5, 0.6) is 5.75 Å². The smallest absolute Gasteiger partial charge is 0.464 e. The van der Waals surface area contributed by atoms with E-state index in [1.807, 2.05) is 0 Å². The lowest BCUT2D eigenvalue weighted by Crippen LogP contribution is -2.17. The van der Waals surface area contributed by atoms with Crippen LogP contribution in [0.3, 0.4) is 0 Å². The van der Waals surface area contributed by atoms with Gasteiger partial charge in [-0.2, -0.15) is 0 Å². The summed E-state index contributed by atoms with van der Waals surface area (Å²) in [6.07, 6.45) is -2.81. The first-order valence-corrected chi connectivity index (χ1v) is 6.28. The third-order valence-corrected chi connectivity index (χ3v) is 3.08. The van der Waals surface area contributed by atoms with Crippen molar-refractivity contribution < 1.29 is 27.1 Å². The average molecular weight is 306 g/mol. The highest BCUT2D eigenvalue weighted by Crippen LogP contribution is 2.31. The van der Waals surface area contributed by atoms with Crippen molar-refractivity contribution in [3.8, 4) is 16.9 Å². The number of alkyl halides is 3. The largest absolute Gasteiger partial charge is 0.573 e. The molecule has 0 radical (unpaired) electrons. The molecule has 0 N–H and O–H groups in total. The molecule has 112 valence electrons. The third kappa shape index (κ3) is 2.95. The van der Waals surface area contributed by atoms with Crippen LogP contribution in [0.4, 0.5) is 13.2 Å². The van der Waals surface area contributed by atoms with Crippen molar-refractivity contribution in [3.63, 3.8) is 0 Å². The molecule has 0 atom stereocenters. The van der Waals surface area contributed by atoms with E-state index in [1.54, 1.807) is 24.3 Å². The quantitative estimate of drug-likeness (QED) is 0.652. The Kier molecular flexibility index (Phi) is 3.36.